The van der Waals surface area contributed by atoms with Gasteiger partial charge in [0.05, 0.1) is 0 Å². The molecule has 0 heterocycles. The van der Waals surface area contributed by atoms with E-state index < -0.39 is 4.45 Å². The molecule has 10 heavy (non-hydrogen) atoms. The summed E-state index contributed by atoms with van der Waals surface area (Å²) in [6, 6.07) is 0. The quantitative estimate of drug-likeness (QED) is 0.610. The molecule has 0 unspecified atom stereocenters. The molecule has 0 aromatic carbocycles. The highest BCUT2D eigenvalue weighted by atomic mass is 32.2. The van der Waals surface area contributed by atoms with Gasteiger partial charge in [0.15, 0.2) is 0 Å². The fourth-order valence-corrected chi connectivity index (χ4v) is 0.750. The lowest BCUT2D eigenvalue weighted by Gasteiger charge is -1.80. The van der Waals surface area contributed by atoms with Crippen molar-refractivity contribution in [3.63, 3.8) is 0 Å². The first-order chi connectivity index (χ1) is 4.54. The van der Waals surface area contributed by atoms with Crippen molar-refractivity contribution in [2.45, 2.75) is 0 Å². The zero-order valence-electron chi connectivity index (χ0n) is 5.53. The van der Waals surface area contributed by atoms with Crippen LogP contribution in [0.4, 0.5) is 9.59 Å². The minimum Gasteiger partial charge on any atom is -0.275 e. The Labute approximate surface area is 79.7 Å². The van der Waals surface area contributed by atoms with Crippen LogP contribution >= 0.6 is 48.8 Å². The Morgan fingerprint density at radius 1 is 1.10 bits per heavy atom. The van der Waals surface area contributed by atoms with Crippen molar-refractivity contribution in [2.24, 2.45) is 0 Å². The Kier molecular flexibility index (Phi) is 13.0. The van der Waals surface area contributed by atoms with E-state index in [0.717, 1.165) is 0 Å². The highest BCUT2D eigenvalue weighted by Gasteiger charge is 1.88. The first-order valence-electron chi connectivity index (χ1n) is 2.08. The van der Waals surface area contributed by atoms with Crippen molar-refractivity contribution in [3.8, 4) is 0 Å². The van der Waals surface area contributed by atoms with E-state index in [4.69, 9.17) is 0 Å². The van der Waals surface area contributed by atoms with Crippen LogP contribution in [0.2, 0.25) is 0 Å². The van der Waals surface area contributed by atoms with E-state index in [1.165, 1.54) is 23.5 Å². The standard InChI is InChI=1S/C3H6OS2.CH2OS2/c1-5-3(4)6-2;2-1(3)4/h1-2H3;(H2,2,3,4). The third-order valence-corrected chi connectivity index (χ3v) is 2.00. The zero-order valence-corrected chi connectivity index (χ0v) is 8.95. The summed E-state index contributed by atoms with van der Waals surface area (Å²) in [7, 11) is 0. The van der Waals surface area contributed by atoms with Gasteiger partial charge in [-0.05, 0) is 12.5 Å². The molecule has 0 radical (unpaired) electrons. The maximum Gasteiger partial charge on any atom is 0.245 e. The van der Waals surface area contributed by atoms with Gasteiger partial charge < -0.3 is 0 Å². The summed E-state index contributed by atoms with van der Waals surface area (Å²) in [6.45, 7) is 0. The summed E-state index contributed by atoms with van der Waals surface area (Å²) < 4.78 is -0.269. The van der Waals surface area contributed by atoms with Crippen molar-refractivity contribution in [3.05, 3.63) is 0 Å². The van der Waals surface area contributed by atoms with E-state index in [-0.39, 0.29) is 4.45 Å². The monoisotopic (exact) mass is 216 g/mol. The molecule has 0 saturated heterocycles. The van der Waals surface area contributed by atoms with Crippen LogP contribution in [0.15, 0.2) is 0 Å². The molecule has 0 saturated carbocycles. The average molecular weight is 216 g/mol. The predicted molar refractivity (Wildman–Crippen MR) is 55.8 cm³/mol. The van der Waals surface area contributed by atoms with Crippen molar-refractivity contribution in [2.75, 3.05) is 12.5 Å². The molecule has 6 heteroatoms. The molecule has 0 rings (SSSR count). The van der Waals surface area contributed by atoms with Gasteiger partial charge in [0.1, 0.15) is 0 Å². The van der Waals surface area contributed by atoms with Gasteiger partial charge in [0, 0.05) is 0 Å². The van der Waals surface area contributed by atoms with Crippen LogP contribution in [0.5, 0.6) is 0 Å². The molecule has 0 aromatic heterocycles. The molecule has 0 bridgehead atoms. The topological polar surface area (TPSA) is 34.1 Å². The number of thioether (sulfide) groups is 2. The van der Waals surface area contributed by atoms with E-state index in [1.807, 2.05) is 0 Å². The minimum absolute atomic E-state index is 0.176. The van der Waals surface area contributed by atoms with E-state index in [9.17, 15) is 9.59 Å². The van der Waals surface area contributed by atoms with Gasteiger partial charge >= 0.3 is 0 Å². The summed E-state index contributed by atoms with van der Waals surface area (Å²) in [5.74, 6) is 0. The van der Waals surface area contributed by atoms with Gasteiger partial charge in [-0.1, -0.05) is 48.8 Å². The highest BCUT2D eigenvalue weighted by Crippen LogP contribution is 2.07. The van der Waals surface area contributed by atoms with Gasteiger partial charge in [-0.25, -0.2) is 0 Å². The summed E-state index contributed by atoms with van der Waals surface area (Å²) in [6.07, 6.45) is 3.55. The molecule has 0 fully saturated rings. The second-order valence-electron chi connectivity index (χ2n) is 0.941. The fraction of sp³-hybridized carbons (Fsp3) is 0.500. The largest absolute Gasteiger partial charge is 0.275 e. The molecular weight excluding hydrogens is 208 g/mol. The average Bonchev–Trinajstić information content (AvgIpc) is 1.85. The number of hydrogen-bond acceptors (Lipinski definition) is 4. The number of carbonyl (C=O) groups is 2. The molecule has 0 amide bonds. The van der Waals surface area contributed by atoms with Gasteiger partial charge in [0.25, 0.3) is 0 Å². The molecule has 0 aliphatic rings. The molecule has 0 aromatic rings. The molecule has 0 N–H and O–H groups in total. The normalized spacial score (nSPS) is 7.60. The van der Waals surface area contributed by atoms with Crippen molar-refractivity contribution in [1.29, 1.82) is 0 Å². The maximum absolute atomic E-state index is 10.1. The van der Waals surface area contributed by atoms with Crippen LogP contribution in [0.1, 0.15) is 0 Å². The van der Waals surface area contributed by atoms with Crippen LogP contribution in [0.3, 0.4) is 0 Å². The highest BCUT2D eigenvalue weighted by molar-refractivity contribution is 8.38. The van der Waals surface area contributed by atoms with Crippen LogP contribution in [0, 0.1) is 0 Å². The third kappa shape index (κ3) is 23.3. The second-order valence-corrected chi connectivity index (χ2v) is 3.92. The molecule has 0 aliphatic carbocycles. The maximum atomic E-state index is 10.1. The minimum atomic E-state index is -0.444. The first kappa shape index (κ1) is 13.3. The van der Waals surface area contributed by atoms with E-state index in [1.54, 1.807) is 12.5 Å². The Hall–Kier alpha value is 0.740. The molecule has 60 valence electrons. The van der Waals surface area contributed by atoms with Crippen LogP contribution < -0.4 is 0 Å². The molecule has 0 atom stereocenters. The summed E-state index contributed by atoms with van der Waals surface area (Å²) in [5, 5.41) is 0. The Balaban J connectivity index is 0. The molecule has 0 aliphatic heterocycles. The number of rotatable bonds is 0. The predicted octanol–water partition coefficient (Wildman–Crippen LogP) is 2.80. The Bertz CT molecular complexity index is 104. The van der Waals surface area contributed by atoms with Gasteiger partial charge in [-0.3, -0.25) is 9.59 Å². The fourth-order valence-electron chi connectivity index (χ4n) is 0.0833. The smallest absolute Gasteiger partial charge is 0.245 e. The molecule has 2 nitrogen and oxygen atoms in total. The van der Waals surface area contributed by atoms with Gasteiger partial charge in [-0.15, -0.1) is 0 Å². The zero-order chi connectivity index (χ0) is 8.57. The summed E-state index contributed by atoms with van der Waals surface area (Å²) >= 11 is 8.88. The van der Waals surface area contributed by atoms with Crippen molar-refractivity contribution in [1.82, 2.24) is 0 Å². The van der Waals surface area contributed by atoms with E-state index in [2.05, 4.69) is 25.3 Å². The SMILES string of the molecule is CSC(=O)SC.O=C(S)S. The van der Waals surface area contributed by atoms with Gasteiger partial charge in [-0.2, -0.15) is 0 Å². The summed E-state index contributed by atoms with van der Waals surface area (Å²) in [4.78, 5) is 19.3. The lowest BCUT2D eigenvalue weighted by atomic mass is 11.8. The number of carbonyl (C=O) groups excluding carboxylic acids is 2. The van der Waals surface area contributed by atoms with Crippen LogP contribution in [0.25, 0.3) is 0 Å². The lowest BCUT2D eigenvalue weighted by Crippen LogP contribution is -1.70. The Morgan fingerprint density at radius 2 is 1.30 bits per heavy atom. The number of thiol groups is 2. The number of hydrogen-bond donors (Lipinski definition) is 2. The van der Waals surface area contributed by atoms with Crippen molar-refractivity contribution >= 4 is 57.7 Å². The molecular formula is C4H8O2S4. The Morgan fingerprint density at radius 3 is 1.30 bits per heavy atom. The second kappa shape index (κ2) is 9.74. The van der Waals surface area contributed by atoms with Crippen LogP contribution in [-0.2, 0) is 0 Å². The van der Waals surface area contributed by atoms with Crippen LogP contribution in [-0.4, -0.2) is 21.4 Å². The third-order valence-electron chi connectivity index (χ3n) is 0.333. The summed E-state index contributed by atoms with van der Waals surface area (Å²) in [5.41, 5.74) is 0. The first-order valence-corrected chi connectivity index (χ1v) is 5.42. The molecule has 0 spiro atoms. The van der Waals surface area contributed by atoms with E-state index in [0.29, 0.717) is 0 Å². The lowest BCUT2D eigenvalue weighted by molar-refractivity contribution is 0.276. The van der Waals surface area contributed by atoms with Crippen molar-refractivity contribution < 1.29 is 9.59 Å². The van der Waals surface area contributed by atoms with Gasteiger partial charge in [0.2, 0.25) is 8.89 Å². The van der Waals surface area contributed by atoms with E-state index >= 15 is 0 Å².